The Morgan fingerprint density at radius 2 is 0.932 bits per heavy atom. The molecule has 0 saturated carbocycles. The van der Waals surface area contributed by atoms with Crippen LogP contribution in [-0.4, -0.2) is 140 Å². The number of carbonyl (C=O) groups is 1. The third kappa shape index (κ3) is 31.1. The van der Waals surface area contributed by atoms with Crippen molar-refractivity contribution in [2.24, 2.45) is 0 Å². The molecule has 2 aliphatic rings. The summed E-state index contributed by atoms with van der Waals surface area (Å²) in [4.78, 5) is 13.2. The maximum absolute atomic E-state index is 13.2. The second-order valence-corrected chi connectivity index (χ2v) is 20.8. The molecule has 2 rings (SSSR count). The van der Waals surface area contributed by atoms with Crippen LogP contribution in [0.3, 0.4) is 0 Å². The summed E-state index contributed by atoms with van der Waals surface area (Å²) in [5.74, 6) is -0.252. The molecule has 2 saturated heterocycles. The minimum absolute atomic E-state index is 0.252. The smallest absolute Gasteiger partial charge is 0.220 e. The molecule has 9 N–H and O–H groups in total. The van der Waals surface area contributed by atoms with Crippen LogP contribution in [0.1, 0.15) is 226 Å². The molecule has 2 heterocycles. The fourth-order valence-corrected chi connectivity index (χ4v) is 9.44. The number of carbonyl (C=O) groups excluding carboxylic acids is 1. The minimum atomic E-state index is -1.79. The van der Waals surface area contributed by atoms with E-state index in [1.807, 2.05) is 6.08 Å². The first kappa shape index (κ1) is 67.1. The van der Waals surface area contributed by atoms with Crippen LogP contribution in [0, 0.1) is 0 Å². The van der Waals surface area contributed by atoms with Crippen molar-refractivity contribution >= 4 is 5.91 Å². The highest BCUT2D eigenvalue weighted by Crippen LogP contribution is 2.30. The molecule has 0 aliphatic carbocycles. The lowest BCUT2D eigenvalue weighted by Crippen LogP contribution is -2.65. The Hall–Kier alpha value is -2.05. The molecule has 0 aromatic heterocycles. The van der Waals surface area contributed by atoms with Gasteiger partial charge in [-0.25, -0.2) is 0 Å². The molecule has 14 nitrogen and oxygen atoms in total. The van der Waals surface area contributed by atoms with E-state index in [1.165, 1.54) is 141 Å². The van der Waals surface area contributed by atoms with Crippen LogP contribution < -0.4 is 5.32 Å². The van der Waals surface area contributed by atoms with Crippen LogP contribution in [0.4, 0.5) is 0 Å². The molecule has 426 valence electrons. The van der Waals surface area contributed by atoms with Gasteiger partial charge in [-0.2, -0.15) is 0 Å². The SMILES string of the molecule is CCCC/C=C/CC/C=C/C(O)C(COC1OC(CO)C(OC2OC(CO)C(O)C(O)C2O)C(O)C1O)NC(=O)CCCCCCCCCCCCCCCCCCCCC/C=C\C/C=C\CCCCCCC. The van der Waals surface area contributed by atoms with Gasteiger partial charge in [0, 0.05) is 6.42 Å². The molecular weight excluding hydrogens is 931 g/mol. The van der Waals surface area contributed by atoms with Crippen LogP contribution in [-0.2, 0) is 23.7 Å². The molecule has 2 aliphatic heterocycles. The van der Waals surface area contributed by atoms with Gasteiger partial charge in [-0.3, -0.25) is 4.79 Å². The van der Waals surface area contributed by atoms with Crippen molar-refractivity contribution in [2.75, 3.05) is 19.8 Å². The second kappa shape index (κ2) is 45.0. The van der Waals surface area contributed by atoms with Crippen LogP contribution in [0.2, 0.25) is 0 Å². The zero-order valence-corrected chi connectivity index (χ0v) is 45.6. The van der Waals surface area contributed by atoms with Crippen LogP contribution in [0.5, 0.6) is 0 Å². The predicted molar refractivity (Wildman–Crippen MR) is 291 cm³/mol. The minimum Gasteiger partial charge on any atom is -0.394 e. The van der Waals surface area contributed by atoms with Gasteiger partial charge in [0.1, 0.15) is 48.8 Å². The molecular formula is C59H107NO13. The zero-order valence-electron chi connectivity index (χ0n) is 45.6. The van der Waals surface area contributed by atoms with Crippen molar-refractivity contribution in [1.29, 1.82) is 0 Å². The van der Waals surface area contributed by atoms with Crippen LogP contribution >= 0.6 is 0 Å². The van der Waals surface area contributed by atoms with Crippen molar-refractivity contribution in [2.45, 2.75) is 299 Å². The molecule has 2 fully saturated rings. The molecule has 12 unspecified atom stereocenters. The van der Waals surface area contributed by atoms with Crippen molar-refractivity contribution in [3.05, 3.63) is 48.6 Å². The van der Waals surface area contributed by atoms with E-state index < -0.39 is 86.8 Å². The summed E-state index contributed by atoms with van der Waals surface area (Å²) in [6.45, 7) is 2.68. The molecule has 0 aromatic carbocycles. The maximum atomic E-state index is 13.2. The summed E-state index contributed by atoms with van der Waals surface area (Å²) < 4.78 is 22.6. The quantitative estimate of drug-likeness (QED) is 0.0205. The number of hydrogen-bond acceptors (Lipinski definition) is 13. The molecule has 0 bridgehead atoms. The largest absolute Gasteiger partial charge is 0.394 e. The Bertz CT molecular complexity index is 1410. The van der Waals surface area contributed by atoms with Gasteiger partial charge in [0.2, 0.25) is 5.91 Å². The fourth-order valence-electron chi connectivity index (χ4n) is 9.44. The van der Waals surface area contributed by atoms with Gasteiger partial charge in [-0.1, -0.05) is 210 Å². The first-order chi connectivity index (χ1) is 35.6. The Balaban J connectivity index is 1.61. The summed E-state index contributed by atoms with van der Waals surface area (Å²) in [6.07, 6.45) is 39.2. The molecule has 1 amide bonds. The lowest BCUT2D eigenvalue weighted by molar-refractivity contribution is -0.359. The molecule has 12 atom stereocenters. The van der Waals surface area contributed by atoms with Gasteiger partial charge >= 0.3 is 0 Å². The van der Waals surface area contributed by atoms with Crippen molar-refractivity contribution < 1.29 is 64.6 Å². The third-order valence-electron chi connectivity index (χ3n) is 14.2. The predicted octanol–water partition coefficient (Wildman–Crippen LogP) is 9.61. The summed E-state index contributed by atoms with van der Waals surface area (Å²) in [5, 5.41) is 86.6. The van der Waals surface area contributed by atoms with Crippen LogP contribution in [0.15, 0.2) is 48.6 Å². The fraction of sp³-hybridized carbons (Fsp3) is 0.847. The lowest BCUT2D eigenvalue weighted by atomic mass is 9.97. The summed E-state index contributed by atoms with van der Waals surface area (Å²) in [7, 11) is 0. The van der Waals surface area contributed by atoms with E-state index in [0.717, 1.165) is 51.4 Å². The van der Waals surface area contributed by atoms with Gasteiger partial charge < -0.3 is 65.1 Å². The van der Waals surface area contributed by atoms with E-state index in [2.05, 4.69) is 55.6 Å². The number of aliphatic hydroxyl groups is 8. The highest BCUT2D eigenvalue weighted by Gasteiger charge is 2.51. The lowest BCUT2D eigenvalue weighted by Gasteiger charge is -2.46. The molecule has 0 spiro atoms. The van der Waals surface area contributed by atoms with Crippen LogP contribution in [0.25, 0.3) is 0 Å². The number of hydrogen-bond donors (Lipinski definition) is 9. The third-order valence-corrected chi connectivity index (χ3v) is 14.2. The first-order valence-electron chi connectivity index (χ1n) is 29.4. The van der Waals surface area contributed by atoms with Gasteiger partial charge in [0.05, 0.1) is 32.0 Å². The Kier molecular flexibility index (Phi) is 41.4. The number of nitrogens with one attached hydrogen (secondary N) is 1. The average molecular weight is 1040 g/mol. The Morgan fingerprint density at radius 3 is 1.47 bits per heavy atom. The van der Waals surface area contributed by atoms with E-state index in [-0.39, 0.29) is 18.9 Å². The highest BCUT2D eigenvalue weighted by molar-refractivity contribution is 5.76. The molecule has 73 heavy (non-hydrogen) atoms. The van der Waals surface area contributed by atoms with E-state index >= 15 is 0 Å². The Labute approximate surface area is 442 Å². The van der Waals surface area contributed by atoms with E-state index in [9.17, 15) is 45.6 Å². The summed E-state index contributed by atoms with van der Waals surface area (Å²) >= 11 is 0. The molecule has 14 heteroatoms. The van der Waals surface area contributed by atoms with Crippen molar-refractivity contribution in [1.82, 2.24) is 5.32 Å². The van der Waals surface area contributed by atoms with Gasteiger partial charge in [-0.15, -0.1) is 0 Å². The normalized spacial score (nSPS) is 25.7. The number of rotatable bonds is 46. The average Bonchev–Trinajstić information content (AvgIpc) is 3.39. The maximum Gasteiger partial charge on any atom is 0.220 e. The van der Waals surface area contributed by atoms with Crippen molar-refractivity contribution in [3.8, 4) is 0 Å². The highest BCUT2D eigenvalue weighted by atomic mass is 16.7. The van der Waals surface area contributed by atoms with Gasteiger partial charge in [0.25, 0.3) is 0 Å². The van der Waals surface area contributed by atoms with E-state index in [4.69, 9.17) is 18.9 Å². The molecule has 0 aromatic rings. The van der Waals surface area contributed by atoms with E-state index in [0.29, 0.717) is 12.8 Å². The number of unbranched alkanes of at least 4 members (excludes halogenated alkanes) is 27. The Morgan fingerprint density at radius 1 is 0.493 bits per heavy atom. The summed E-state index contributed by atoms with van der Waals surface area (Å²) in [5.41, 5.74) is 0. The number of ether oxygens (including phenoxy) is 4. The standard InChI is InChI=1S/C59H107NO13/c1-3-5-7-9-11-13-14-15-16-17-18-19-20-21-22-23-24-25-26-27-28-29-30-31-32-33-34-35-37-39-41-43-51(64)60-47(48(63)42-40-38-36-12-10-8-6-4-2)46-70-58-56(69)54(67)57(50(45-62)72-58)73-59-55(68)53(66)52(65)49(44-61)71-59/h10,12,14-15,17-18,40,42,47-50,52-59,61-63,65-69H,3-9,11,13,16,19-39,41,43-46H2,1-2H3,(H,60,64)/b12-10+,15-14-,18-17-,42-40+. The van der Waals surface area contributed by atoms with E-state index in [1.54, 1.807) is 6.08 Å². The molecule has 0 radical (unpaired) electrons. The van der Waals surface area contributed by atoms with Gasteiger partial charge in [0.15, 0.2) is 12.6 Å². The number of aliphatic hydroxyl groups excluding tert-OH is 8. The number of allylic oxidation sites excluding steroid dienone is 7. The van der Waals surface area contributed by atoms with Gasteiger partial charge in [-0.05, 0) is 57.8 Å². The monoisotopic (exact) mass is 1040 g/mol. The second-order valence-electron chi connectivity index (χ2n) is 20.8. The first-order valence-corrected chi connectivity index (χ1v) is 29.4. The topological polar surface area (TPSA) is 228 Å². The van der Waals surface area contributed by atoms with Crippen molar-refractivity contribution in [3.63, 3.8) is 0 Å². The zero-order chi connectivity index (χ0) is 53.2. The number of amides is 1. The summed E-state index contributed by atoms with van der Waals surface area (Å²) in [6, 6.07) is -0.928.